The van der Waals surface area contributed by atoms with Crippen molar-refractivity contribution < 1.29 is 4.79 Å². The molecule has 0 N–H and O–H groups in total. The minimum atomic E-state index is 0.178. The zero-order chi connectivity index (χ0) is 12.4. The molecule has 0 aliphatic carbocycles. The SMILES string of the molecule is Cc1cc(C)cc(CC(=O)c2csc(Br)c2)c1. The van der Waals surface area contributed by atoms with Crippen LogP contribution in [-0.4, -0.2) is 5.78 Å². The maximum absolute atomic E-state index is 12.0. The van der Waals surface area contributed by atoms with Crippen molar-refractivity contribution in [3.63, 3.8) is 0 Å². The van der Waals surface area contributed by atoms with Crippen LogP contribution in [-0.2, 0) is 6.42 Å². The van der Waals surface area contributed by atoms with Gasteiger partial charge in [-0.2, -0.15) is 0 Å². The molecule has 0 saturated carbocycles. The molecule has 88 valence electrons. The summed E-state index contributed by atoms with van der Waals surface area (Å²) in [6.45, 7) is 4.12. The highest BCUT2D eigenvalue weighted by atomic mass is 79.9. The van der Waals surface area contributed by atoms with Crippen molar-refractivity contribution in [1.82, 2.24) is 0 Å². The average molecular weight is 309 g/mol. The predicted molar refractivity (Wildman–Crippen MR) is 76.0 cm³/mol. The van der Waals surface area contributed by atoms with Gasteiger partial charge in [0.1, 0.15) is 0 Å². The van der Waals surface area contributed by atoms with Crippen LogP contribution in [0.5, 0.6) is 0 Å². The molecule has 0 aliphatic heterocycles. The van der Waals surface area contributed by atoms with Crippen LogP contribution in [0.15, 0.2) is 33.4 Å². The Morgan fingerprint density at radius 1 is 1.18 bits per heavy atom. The second kappa shape index (κ2) is 5.15. The van der Waals surface area contributed by atoms with E-state index in [-0.39, 0.29) is 5.78 Å². The summed E-state index contributed by atoms with van der Waals surface area (Å²) in [6, 6.07) is 8.16. The summed E-state index contributed by atoms with van der Waals surface area (Å²) in [4.78, 5) is 12.0. The molecule has 1 aromatic carbocycles. The van der Waals surface area contributed by atoms with Crippen molar-refractivity contribution in [2.24, 2.45) is 0 Å². The molecule has 0 unspecified atom stereocenters. The van der Waals surface area contributed by atoms with Gasteiger partial charge in [0.25, 0.3) is 0 Å². The molecule has 1 heterocycles. The Morgan fingerprint density at radius 3 is 2.35 bits per heavy atom. The molecular formula is C14H13BrOS. The number of Topliss-reactive ketones (excluding diaryl/α,β-unsaturated/α-hetero) is 1. The molecule has 2 aromatic rings. The van der Waals surface area contributed by atoms with Crippen LogP contribution < -0.4 is 0 Å². The van der Waals surface area contributed by atoms with Gasteiger partial charge in [-0.1, -0.05) is 29.3 Å². The van der Waals surface area contributed by atoms with Gasteiger partial charge in [0.2, 0.25) is 0 Å². The van der Waals surface area contributed by atoms with Crippen LogP contribution >= 0.6 is 27.3 Å². The quantitative estimate of drug-likeness (QED) is 0.760. The first-order chi connectivity index (χ1) is 8.04. The number of aryl methyl sites for hydroxylation is 2. The third-order valence-electron chi connectivity index (χ3n) is 2.54. The van der Waals surface area contributed by atoms with E-state index in [4.69, 9.17) is 0 Å². The number of hydrogen-bond acceptors (Lipinski definition) is 2. The normalized spacial score (nSPS) is 10.5. The van der Waals surface area contributed by atoms with Gasteiger partial charge in [-0.3, -0.25) is 4.79 Å². The van der Waals surface area contributed by atoms with E-state index in [2.05, 4.69) is 48.0 Å². The average Bonchev–Trinajstić information content (AvgIpc) is 2.63. The fourth-order valence-corrected chi connectivity index (χ4v) is 3.08. The van der Waals surface area contributed by atoms with Crippen LogP contribution in [0, 0.1) is 13.8 Å². The molecule has 17 heavy (non-hydrogen) atoms. The topological polar surface area (TPSA) is 17.1 Å². The standard InChI is InChI=1S/C14H13BrOS/c1-9-3-10(2)5-11(4-9)6-13(16)12-7-14(15)17-8-12/h3-5,7-8H,6H2,1-2H3. The highest BCUT2D eigenvalue weighted by Crippen LogP contribution is 2.22. The van der Waals surface area contributed by atoms with Gasteiger partial charge < -0.3 is 0 Å². The van der Waals surface area contributed by atoms with Crippen LogP contribution in [0.3, 0.4) is 0 Å². The number of halogens is 1. The summed E-state index contributed by atoms with van der Waals surface area (Å²) in [6.07, 6.45) is 0.478. The lowest BCUT2D eigenvalue weighted by Gasteiger charge is -2.03. The van der Waals surface area contributed by atoms with E-state index in [1.165, 1.54) is 11.1 Å². The highest BCUT2D eigenvalue weighted by Gasteiger charge is 2.09. The van der Waals surface area contributed by atoms with Gasteiger partial charge in [-0.25, -0.2) is 0 Å². The largest absolute Gasteiger partial charge is 0.294 e. The van der Waals surface area contributed by atoms with E-state index in [0.717, 1.165) is 14.9 Å². The van der Waals surface area contributed by atoms with E-state index < -0.39 is 0 Å². The fourth-order valence-electron chi connectivity index (χ4n) is 1.91. The monoisotopic (exact) mass is 308 g/mol. The van der Waals surface area contributed by atoms with Gasteiger partial charge in [-0.15, -0.1) is 11.3 Å². The molecule has 0 spiro atoms. The molecular weight excluding hydrogens is 296 g/mol. The van der Waals surface area contributed by atoms with Crippen molar-refractivity contribution in [1.29, 1.82) is 0 Å². The summed E-state index contributed by atoms with van der Waals surface area (Å²) in [7, 11) is 0. The Balaban J connectivity index is 2.18. The maximum atomic E-state index is 12.0. The van der Waals surface area contributed by atoms with Crippen LogP contribution in [0.1, 0.15) is 27.0 Å². The lowest BCUT2D eigenvalue weighted by molar-refractivity contribution is 0.0993. The van der Waals surface area contributed by atoms with Gasteiger partial charge in [0.05, 0.1) is 3.79 Å². The zero-order valence-corrected chi connectivity index (χ0v) is 12.2. The Hall–Kier alpha value is -0.930. The predicted octanol–water partition coefficient (Wildman–Crippen LogP) is 4.55. The van der Waals surface area contributed by atoms with Crippen molar-refractivity contribution in [3.8, 4) is 0 Å². The highest BCUT2D eigenvalue weighted by molar-refractivity contribution is 9.11. The first kappa shape index (κ1) is 12.5. The van der Waals surface area contributed by atoms with Crippen LogP contribution in [0.4, 0.5) is 0 Å². The second-order valence-electron chi connectivity index (χ2n) is 4.24. The molecule has 0 bridgehead atoms. The Labute approximate surface area is 114 Å². The van der Waals surface area contributed by atoms with Crippen molar-refractivity contribution in [3.05, 3.63) is 55.7 Å². The van der Waals surface area contributed by atoms with Crippen LogP contribution in [0.25, 0.3) is 0 Å². The first-order valence-corrected chi connectivity index (χ1v) is 7.06. The van der Waals surface area contributed by atoms with E-state index in [0.29, 0.717) is 6.42 Å². The maximum Gasteiger partial charge on any atom is 0.168 e. The molecule has 0 radical (unpaired) electrons. The number of benzene rings is 1. The van der Waals surface area contributed by atoms with Gasteiger partial charge in [0.15, 0.2) is 5.78 Å². The van der Waals surface area contributed by atoms with Crippen molar-refractivity contribution >= 4 is 33.0 Å². The number of ketones is 1. The summed E-state index contributed by atoms with van der Waals surface area (Å²) >= 11 is 4.92. The third kappa shape index (κ3) is 3.27. The number of hydrogen-bond donors (Lipinski definition) is 0. The van der Waals surface area contributed by atoms with Gasteiger partial charge in [0, 0.05) is 17.4 Å². The molecule has 2 rings (SSSR count). The lowest BCUT2D eigenvalue weighted by Crippen LogP contribution is -2.02. The molecule has 0 saturated heterocycles. The Kier molecular flexibility index (Phi) is 3.79. The zero-order valence-electron chi connectivity index (χ0n) is 9.79. The van der Waals surface area contributed by atoms with E-state index in [9.17, 15) is 4.79 Å². The molecule has 3 heteroatoms. The first-order valence-electron chi connectivity index (χ1n) is 5.39. The summed E-state index contributed by atoms with van der Waals surface area (Å²) in [5.74, 6) is 0.178. The summed E-state index contributed by atoms with van der Waals surface area (Å²) in [5.41, 5.74) is 4.30. The smallest absolute Gasteiger partial charge is 0.168 e. The number of carbonyl (C=O) groups excluding carboxylic acids is 1. The molecule has 0 aliphatic rings. The minimum Gasteiger partial charge on any atom is -0.294 e. The number of rotatable bonds is 3. The molecule has 1 aromatic heterocycles. The molecule has 0 amide bonds. The summed E-state index contributed by atoms with van der Waals surface area (Å²) in [5, 5.41) is 1.90. The number of carbonyl (C=O) groups is 1. The Bertz CT molecular complexity index is 537. The third-order valence-corrected chi connectivity index (χ3v) is 4.04. The number of thiophene rings is 1. The fraction of sp³-hybridized carbons (Fsp3) is 0.214. The minimum absolute atomic E-state index is 0.178. The second-order valence-corrected chi connectivity index (χ2v) is 6.53. The van der Waals surface area contributed by atoms with Crippen LogP contribution in [0.2, 0.25) is 0 Å². The van der Waals surface area contributed by atoms with Gasteiger partial charge >= 0.3 is 0 Å². The van der Waals surface area contributed by atoms with Gasteiger partial charge in [-0.05, 0) is 41.4 Å². The van der Waals surface area contributed by atoms with E-state index in [1.54, 1.807) is 11.3 Å². The van der Waals surface area contributed by atoms with Crippen molar-refractivity contribution in [2.45, 2.75) is 20.3 Å². The molecule has 0 atom stereocenters. The van der Waals surface area contributed by atoms with E-state index >= 15 is 0 Å². The lowest BCUT2D eigenvalue weighted by atomic mass is 10.0. The van der Waals surface area contributed by atoms with E-state index in [1.807, 2.05) is 11.4 Å². The van der Waals surface area contributed by atoms with Crippen molar-refractivity contribution in [2.75, 3.05) is 0 Å². The molecule has 1 nitrogen and oxygen atoms in total. The summed E-state index contributed by atoms with van der Waals surface area (Å²) < 4.78 is 1.00. The Morgan fingerprint density at radius 2 is 1.82 bits per heavy atom. The molecule has 0 fully saturated rings.